The molecule has 0 radical (unpaired) electrons. The molecule has 3 N–H and O–H groups in total. The van der Waals surface area contributed by atoms with E-state index in [2.05, 4.69) is 46.7 Å². The maximum atomic E-state index is 13.8. The number of nitrogens with zero attached hydrogens (tertiary/aromatic N) is 6. The lowest BCUT2D eigenvalue weighted by molar-refractivity contribution is -0.384. The minimum Gasteiger partial charge on any atom is -0.455 e. The van der Waals surface area contributed by atoms with Gasteiger partial charge in [0.05, 0.1) is 30.5 Å². The Morgan fingerprint density at radius 3 is 2.55 bits per heavy atom. The van der Waals surface area contributed by atoms with Crippen LogP contribution in [0, 0.1) is 27.4 Å². The smallest absolute Gasteiger partial charge is 0.312 e. The summed E-state index contributed by atoms with van der Waals surface area (Å²) in [5.74, 6) is 1.02. The maximum Gasteiger partial charge on any atom is 0.312 e. The van der Waals surface area contributed by atoms with Gasteiger partial charge in [-0.15, -0.1) is 0 Å². The van der Waals surface area contributed by atoms with Crippen LogP contribution in [0.2, 0.25) is 0 Å². The summed E-state index contributed by atoms with van der Waals surface area (Å²) in [5, 5.41) is 15.9. The van der Waals surface area contributed by atoms with Crippen molar-refractivity contribution in [2.45, 2.75) is 69.2 Å². The molecule has 16 nitrogen and oxygen atoms in total. The van der Waals surface area contributed by atoms with Gasteiger partial charge in [0, 0.05) is 68.7 Å². The second kappa shape index (κ2) is 15.3. The fourth-order valence-electron chi connectivity index (χ4n) is 8.58. The van der Waals surface area contributed by atoms with Crippen LogP contribution >= 0.6 is 0 Å². The van der Waals surface area contributed by atoms with Gasteiger partial charge in [-0.1, -0.05) is 19.8 Å². The zero-order valence-corrected chi connectivity index (χ0v) is 31.7. The van der Waals surface area contributed by atoms with Crippen LogP contribution in [0.3, 0.4) is 0 Å². The summed E-state index contributed by atoms with van der Waals surface area (Å²) in [7, 11) is -4.60. The summed E-state index contributed by atoms with van der Waals surface area (Å²) < 4.78 is 40.9. The van der Waals surface area contributed by atoms with Crippen LogP contribution in [-0.4, -0.2) is 96.1 Å². The number of hydrogen-bond acceptors (Lipinski definition) is 13. The van der Waals surface area contributed by atoms with Crippen LogP contribution in [0.1, 0.15) is 68.6 Å². The number of nitro groups is 1. The number of hydrogen-bond donors (Lipinski definition) is 3. The van der Waals surface area contributed by atoms with Crippen molar-refractivity contribution in [2.75, 3.05) is 56.2 Å². The zero-order chi connectivity index (χ0) is 38.2. The molecule has 2 aliphatic carbocycles. The molecule has 1 spiro atoms. The molecular formula is C38H47N9O7S. The molecule has 4 aliphatic rings. The minimum absolute atomic E-state index is 0.0183. The number of rotatable bonds is 11. The Hall–Kier alpha value is -4.87. The zero-order valence-electron chi connectivity index (χ0n) is 30.9. The number of sulfonamides is 1. The molecule has 4 aromatic heterocycles. The van der Waals surface area contributed by atoms with Crippen LogP contribution in [-0.2, 0) is 14.8 Å². The van der Waals surface area contributed by atoms with E-state index in [4.69, 9.17) is 9.47 Å². The largest absolute Gasteiger partial charge is 0.455 e. The number of carbonyl (C=O) groups is 1. The number of ether oxygens (including phenoxy) is 2. The van der Waals surface area contributed by atoms with E-state index in [9.17, 15) is 23.3 Å². The number of nitrogens with one attached hydrogen (secondary N) is 3. The molecule has 8 rings (SSSR count). The third-order valence-electron chi connectivity index (χ3n) is 12.0. The summed E-state index contributed by atoms with van der Waals surface area (Å²) in [5.41, 5.74) is 0.346. The van der Waals surface area contributed by atoms with Crippen LogP contribution in [0.25, 0.3) is 11.0 Å². The summed E-state index contributed by atoms with van der Waals surface area (Å²) >= 11 is 0. The summed E-state index contributed by atoms with van der Waals surface area (Å²) in [6, 6.07) is 6.78. The van der Waals surface area contributed by atoms with E-state index in [0.29, 0.717) is 47.1 Å². The molecule has 55 heavy (non-hydrogen) atoms. The van der Waals surface area contributed by atoms with Crippen LogP contribution in [0.4, 0.5) is 17.3 Å². The Bertz CT molecular complexity index is 2150. The molecule has 0 bridgehead atoms. The lowest BCUT2D eigenvalue weighted by Gasteiger charge is -2.56. The first-order valence-corrected chi connectivity index (χ1v) is 20.7. The van der Waals surface area contributed by atoms with E-state index in [-0.39, 0.29) is 17.1 Å². The lowest BCUT2D eigenvalue weighted by Crippen LogP contribution is -2.57. The molecule has 4 aromatic rings. The number of anilines is 2. The van der Waals surface area contributed by atoms with Crippen molar-refractivity contribution in [1.82, 2.24) is 29.6 Å². The van der Waals surface area contributed by atoms with Crippen LogP contribution in [0.5, 0.6) is 11.5 Å². The predicted octanol–water partition coefficient (Wildman–Crippen LogP) is 5.49. The van der Waals surface area contributed by atoms with Gasteiger partial charge in [-0.2, -0.15) is 0 Å². The van der Waals surface area contributed by atoms with Crippen molar-refractivity contribution >= 4 is 44.3 Å². The lowest BCUT2D eigenvalue weighted by atomic mass is 9.60. The Morgan fingerprint density at radius 1 is 1.04 bits per heavy atom. The Balaban J connectivity index is 0.991. The van der Waals surface area contributed by atoms with Crippen molar-refractivity contribution in [1.29, 1.82) is 0 Å². The van der Waals surface area contributed by atoms with E-state index < -0.39 is 31.4 Å². The van der Waals surface area contributed by atoms with Gasteiger partial charge < -0.3 is 24.7 Å². The molecule has 0 atom stereocenters. The second-order valence-corrected chi connectivity index (χ2v) is 17.3. The molecule has 6 heterocycles. The van der Waals surface area contributed by atoms with Crippen LogP contribution < -0.4 is 19.7 Å². The highest BCUT2D eigenvalue weighted by Crippen LogP contribution is 2.51. The third-order valence-corrected chi connectivity index (χ3v) is 13.3. The van der Waals surface area contributed by atoms with E-state index >= 15 is 0 Å². The van der Waals surface area contributed by atoms with Crippen molar-refractivity contribution in [3.05, 3.63) is 64.7 Å². The quantitative estimate of drug-likeness (QED) is 0.128. The van der Waals surface area contributed by atoms with Gasteiger partial charge in [0.1, 0.15) is 33.4 Å². The Morgan fingerprint density at radius 2 is 1.80 bits per heavy atom. The highest BCUT2D eigenvalue weighted by atomic mass is 32.2. The van der Waals surface area contributed by atoms with Crippen molar-refractivity contribution in [2.24, 2.45) is 17.3 Å². The average Bonchev–Trinajstić information content (AvgIpc) is 3.65. The van der Waals surface area contributed by atoms with Gasteiger partial charge >= 0.3 is 5.69 Å². The number of aromatic nitrogens is 4. The first-order chi connectivity index (χ1) is 26.5. The van der Waals surface area contributed by atoms with Gasteiger partial charge in [-0.3, -0.25) is 19.8 Å². The highest BCUT2D eigenvalue weighted by Gasteiger charge is 2.48. The number of aromatic amines is 1. The number of morpholine rings is 1. The van der Waals surface area contributed by atoms with Crippen molar-refractivity contribution < 1.29 is 27.6 Å². The molecule has 2 saturated carbocycles. The highest BCUT2D eigenvalue weighted by molar-refractivity contribution is 7.90. The minimum atomic E-state index is -4.60. The fourth-order valence-corrected chi connectivity index (χ4v) is 9.51. The molecular weight excluding hydrogens is 727 g/mol. The first-order valence-electron chi connectivity index (χ1n) is 19.2. The molecule has 0 aromatic carbocycles. The van der Waals surface area contributed by atoms with Crippen molar-refractivity contribution in [3.8, 4) is 11.5 Å². The topological polar surface area (TPSA) is 198 Å². The number of fused-ring (bicyclic) bond motifs is 1. The van der Waals surface area contributed by atoms with E-state index in [1.807, 2.05) is 6.07 Å². The Kier molecular flexibility index (Phi) is 10.3. The van der Waals surface area contributed by atoms with Crippen molar-refractivity contribution in [3.63, 3.8) is 0 Å². The molecule has 17 heteroatoms. The van der Waals surface area contributed by atoms with Gasteiger partial charge in [0.15, 0.2) is 0 Å². The number of piperidine rings is 1. The summed E-state index contributed by atoms with van der Waals surface area (Å²) in [6.45, 7) is 7.87. The fraction of sp³-hybridized carbons (Fsp3) is 0.526. The maximum absolute atomic E-state index is 13.8. The summed E-state index contributed by atoms with van der Waals surface area (Å²) in [4.78, 5) is 45.4. The monoisotopic (exact) mass is 773 g/mol. The molecule has 2 aliphatic heterocycles. The van der Waals surface area contributed by atoms with E-state index in [1.54, 1.807) is 18.3 Å². The number of amides is 1. The number of pyridine rings is 3. The Labute approximate surface area is 319 Å². The number of carbonyl (C=O) groups excluding carboxylic acids is 1. The van der Waals surface area contributed by atoms with Gasteiger partial charge in [0.25, 0.3) is 15.9 Å². The molecule has 2 saturated heterocycles. The standard InChI is InChI=1S/C38H47N9O7S/c1-25-2-4-26(5-3-25)21-41-36-32(47(49)50)17-30(23-43-36)55(51,52)44-37(48)31-24-40-34(18-33(31)54-29-16-27-6-9-39-35(27)42-22-29)46-10-7-38(8-11-46)19-28(20-38)45-12-14-53-15-13-45/h6,9,16-18,22-26,28H,2-5,7-8,10-15,19-21H2,1H3,(H,39,42)(H,41,43)(H,44,48). The predicted molar refractivity (Wildman–Crippen MR) is 205 cm³/mol. The molecule has 4 fully saturated rings. The molecule has 292 valence electrons. The normalized spacial score (nSPS) is 21.9. The number of H-pyrrole nitrogens is 1. The first kappa shape index (κ1) is 37.1. The third kappa shape index (κ3) is 8.09. The van der Waals surface area contributed by atoms with Gasteiger partial charge in [-0.25, -0.2) is 28.1 Å². The summed E-state index contributed by atoms with van der Waals surface area (Å²) in [6.07, 6.45) is 14.2. The van der Waals surface area contributed by atoms with Gasteiger partial charge in [0.2, 0.25) is 5.82 Å². The molecule has 0 unspecified atom stereocenters. The van der Waals surface area contributed by atoms with E-state index in [0.717, 1.165) is 95.6 Å². The molecule has 1 amide bonds. The average molecular weight is 774 g/mol. The van der Waals surface area contributed by atoms with E-state index in [1.165, 1.54) is 25.2 Å². The SMILES string of the molecule is CC1CCC(CNc2ncc(S(=O)(=O)NC(=O)c3cnc(N4CCC5(CC4)CC(N4CCOCC4)C5)cc3Oc3cnc4[nH]ccc4c3)cc2[N+](=O)[O-])CC1. The van der Waals surface area contributed by atoms with Crippen LogP contribution in [0.15, 0.2) is 53.9 Å². The van der Waals surface area contributed by atoms with Gasteiger partial charge in [-0.05, 0) is 67.9 Å². The second-order valence-electron chi connectivity index (χ2n) is 15.7.